The van der Waals surface area contributed by atoms with Gasteiger partial charge in [-0.15, -0.1) is 20.4 Å². The van der Waals surface area contributed by atoms with Crippen molar-refractivity contribution < 1.29 is 13.9 Å². The number of nitrogens with zero attached hydrogens (tertiary/aromatic N) is 4. The number of methoxy groups -OCH3 is 1. The lowest BCUT2D eigenvalue weighted by Crippen LogP contribution is -2.23. The van der Waals surface area contributed by atoms with E-state index in [1.807, 2.05) is 13.0 Å². The first-order chi connectivity index (χ1) is 15.9. The van der Waals surface area contributed by atoms with Gasteiger partial charge in [0.1, 0.15) is 11.6 Å². The number of rotatable bonds is 7. The molecule has 2 unspecified atom stereocenters. The summed E-state index contributed by atoms with van der Waals surface area (Å²) in [6, 6.07) is 8.35. The molecule has 3 aromatic rings. The summed E-state index contributed by atoms with van der Waals surface area (Å²) in [6.45, 7) is 1.82. The first-order valence-corrected chi connectivity index (χ1v) is 11.2. The third-order valence-electron chi connectivity index (χ3n) is 5.32. The lowest BCUT2D eigenvalue weighted by Gasteiger charge is -2.22. The lowest BCUT2D eigenvalue weighted by atomic mass is 9.93. The highest BCUT2D eigenvalue weighted by Crippen LogP contribution is 2.30. The van der Waals surface area contributed by atoms with Crippen LogP contribution in [0, 0.1) is 12.7 Å². The Hall–Kier alpha value is -3.44. The van der Waals surface area contributed by atoms with Crippen LogP contribution in [0.5, 0.6) is 0 Å². The number of aromatic nitrogens is 4. The number of nitrogens with two attached hydrogens (primary N) is 1. The van der Waals surface area contributed by atoms with Crippen molar-refractivity contribution in [2.75, 3.05) is 23.5 Å². The van der Waals surface area contributed by atoms with Gasteiger partial charge in [-0.05, 0) is 50.0 Å². The molecule has 0 aliphatic heterocycles. The number of hydrogen-bond acceptors (Lipinski definition) is 9. The molecule has 0 saturated carbocycles. The number of hydrogen-bond donors (Lipinski definition) is 3. The van der Waals surface area contributed by atoms with Gasteiger partial charge < -0.3 is 15.8 Å². The van der Waals surface area contributed by atoms with E-state index in [4.69, 9.17) is 10.5 Å². The van der Waals surface area contributed by atoms with E-state index < -0.39 is 17.8 Å². The Bertz CT molecular complexity index is 1170. The van der Waals surface area contributed by atoms with Gasteiger partial charge in [0.05, 0.1) is 5.69 Å². The zero-order chi connectivity index (χ0) is 23.4. The van der Waals surface area contributed by atoms with Gasteiger partial charge in [-0.25, -0.2) is 4.39 Å². The molecule has 0 radical (unpaired) electrons. The molecule has 11 heteroatoms. The third-order valence-corrected chi connectivity index (χ3v) is 6.09. The topological polar surface area (TPSA) is 128 Å². The quantitative estimate of drug-likeness (QED) is 0.478. The zero-order valence-corrected chi connectivity index (χ0v) is 19.0. The summed E-state index contributed by atoms with van der Waals surface area (Å²) in [5.74, 6) is -0.619. The maximum atomic E-state index is 14.2. The van der Waals surface area contributed by atoms with Crippen molar-refractivity contribution in [1.29, 1.82) is 0 Å². The van der Waals surface area contributed by atoms with Crippen molar-refractivity contribution in [2.45, 2.75) is 38.3 Å². The van der Waals surface area contributed by atoms with Gasteiger partial charge in [0.2, 0.25) is 10.3 Å². The zero-order valence-electron chi connectivity index (χ0n) is 18.2. The number of anilines is 3. The number of allylic oxidation sites excluding steroid dienone is 1. The lowest BCUT2D eigenvalue weighted by molar-refractivity contribution is -0.126. The summed E-state index contributed by atoms with van der Waals surface area (Å²) >= 11 is 1.21. The molecule has 4 N–H and O–H groups in total. The first kappa shape index (κ1) is 22.7. The molecule has 2 aromatic heterocycles. The molecule has 0 spiro atoms. The van der Waals surface area contributed by atoms with E-state index in [9.17, 15) is 9.18 Å². The summed E-state index contributed by atoms with van der Waals surface area (Å²) in [7, 11) is 1.36. The molecule has 2 atom stereocenters. The predicted octanol–water partition coefficient (Wildman–Crippen LogP) is 3.73. The van der Waals surface area contributed by atoms with Gasteiger partial charge in [-0.1, -0.05) is 35.1 Å². The summed E-state index contributed by atoms with van der Waals surface area (Å²) in [5, 5.41) is 23.1. The van der Waals surface area contributed by atoms with Crippen LogP contribution in [-0.4, -0.2) is 39.5 Å². The molecular formula is C22H24FN7O2S. The molecule has 1 aliphatic rings. The average molecular weight is 470 g/mol. The second kappa shape index (κ2) is 10.0. The Morgan fingerprint density at radius 3 is 2.73 bits per heavy atom. The van der Waals surface area contributed by atoms with Crippen LogP contribution in [0.4, 0.5) is 20.5 Å². The highest BCUT2D eigenvalue weighted by Gasteiger charge is 2.25. The molecule has 1 aliphatic carbocycles. The van der Waals surface area contributed by atoms with E-state index in [1.54, 1.807) is 18.2 Å². The minimum Gasteiger partial charge on any atom is -0.382 e. The van der Waals surface area contributed by atoms with Crippen molar-refractivity contribution in [3.63, 3.8) is 0 Å². The maximum absolute atomic E-state index is 14.2. The van der Waals surface area contributed by atoms with Crippen LogP contribution in [0.25, 0.3) is 5.57 Å². The molecule has 0 bridgehead atoms. The Kier molecular flexibility index (Phi) is 6.90. The second-order valence-corrected chi connectivity index (χ2v) is 8.71. The van der Waals surface area contributed by atoms with Crippen LogP contribution < -0.4 is 16.4 Å². The molecule has 1 amide bonds. The maximum Gasteiger partial charge on any atom is 0.260 e. The van der Waals surface area contributed by atoms with Crippen molar-refractivity contribution in [3.8, 4) is 0 Å². The van der Waals surface area contributed by atoms with E-state index >= 15 is 0 Å². The number of nitrogens with one attached hydrogen (secondary N) is 2. The number of halogens is 1. The number of ether oxygens (including phenoxy) is 1. The highest BCUT2D eigenvalue weighted by atomic mass is 32.1. The van der Waals surface area contributed by atoms with Crippen LogP contribution >= 0.6 is 11.3 Å². The van der Waals surface area contributed by atoms with Gasteiger partial charge in [0, 0.05) is 18.7 Å². The summed E-state index contributed by atoms with van der Waals surface area (Å²) in [4.78, 5) is 12.7. The largest absolute Gasteiger partial charge is 0.382 e. The number of carbonyl (C=O) groups excluding carboxylic acids is 1. The Labute approximate surface area is 194 Å². The predicted molar refractivity (Wildman–Crippen MR) is 125 cm³/mol. The van der Waals surface area contributed by atoms with E-state index in [2.05, 4.69) is 37.1 Å². The van der Waals surface area contributed by atoms with Crippen LogP contribution in [-0.2, 0) is 9.53 Å². The van der Waals surface area contributed by atoms with Crippen LogP contribution in [0.3, 0.4) is 0 Å². The minimum absolute atomic E-state index is 0.174. The van der Waals surface area contributed by atoms with Gasteiger partial charge in [0.25, 0.3) is 5.91 Å². The molecule has 2 heterocycles. The fraction of sp³-hybridized carbons (Fsp3) is 0.318. The van der Waals surface area contributed by atoms with Gasteiger partial charge >= 0.3 is 0 Å². The van der Waals surface area contributed by atoms with Crippen LogP contribution in [0.1, 0.15) is 42.2 Å². The number of nitrogen functional groups attached to an aromatic ring is 1. The molecule has 9 nitrogen and oxygen atoms in total. The highest BCUT2D eigenvalue weighted by molar-refractivity contribution is 7.19. The minimum atomic E-state index is -1.09. The second-order valence-electron chi connectivity index (χ2n) is 7.73. The van der Waals surface area contributed by atoms with Crippen molar-refractivity contribution >= 4 is 38.9 Å². The molecule has 33 heavy (non-hydrogen) atoms. The van der Waals surface area contributed by atoms with Gasteiger partial charge in [-0.3, -0.25) is 10.1 Å². The van der Waals surface area contributed by atoms with Crippen molar-refractivity contribution in [2.24, 2.45) is 0 Å². The Morgan fingerprint density at radius 2 is 2.03 bits per heavy atom. The standard InChI is InChI=1S/C22H24FN7O2S/c1-12-3-8-16(23)15(11-12)19(32-2)20(31)26-22-30-29-21(33-22)25-14-6-4-13(5-7-14)17-9-10-18(24)28-27-17/h3-4,8-11,14,19H,5-7H2,1-2H3,(H2,24,28)(H,25,29)(H,26,30,31). The fourth-order valence-electron chi connectivity index (χ4n) is 3.63. The SMILES string of the molecule is COC(C(=O)Nc1nnc(NC2CC=C(c3ccc(N)nn3)CC2)s1)c1cc(C)ccc1F. The fourth-order valence-corrected chi connectivity index (χ4v) is 4.35. The Balaban J connectivity index is 1.36. The summed E-state index contributed by atoms with van der Waals surface area (Å²) in [5.41, 5.74) is 8.58. The Morgan fingerprint density at radius 1 is 1.21 bits per heavy atom. The average Bonchev–Trinajstić information content (AvgIpc) is 3.24. The molecule has 4 rings (SSSR count). The molecule has 0 saturated heterocycles. The molecule has 172 valence electrons. The molecule has 0 fully saturated rings. The van der Waals surface area contributed by atoms with Gasteiger partial charge in [0.15, 0.2) is 6.10 Å². The third kappa shape index (κ3) is 5.49. The number of benzene rings is 1. The summed E-state index contributed by atoms with van der Waals surface area (Å²) < 4.78 is 19.5. The first-order valence-electron chi connectivity index (χ1n) is 10.4. The molecule has 1 aromatic carbocycles. The molecular weight excluding hydrogens is 445 g/mol. The van der Waals surface area contributed by atoms with Crippen LogP contribution in [0.2, 0.25) is 0 Å². The number of amides is 1. The van der Waals surface area contributed by atoms with Gasteiger partial charge in [-0.2, -0.15) is 0 Å². The number of carbonyl (C=O) groups is 1. The van der Waals surface area contributed by atoms with E-state index in [0.29, 0.717) is 16.1 Å². The van der Waals surface area contributed by atoms with E-state index in [-0.39, 0.29) is 11.6 Å². The van der Waals surface area contributed by atoms with Crippen molar-refractivity contribution in [3.05, 3.63) is 59.0 Å². The summed E-state index contributed by atoms with van der Waals surface area (Å²) in [6.07, 6.45) is 3.56. The monoisotopic (exact) mass is 469 g/mol. The van der Waals surface area contributed by atoms with E-state index in [0.717, 1.165) is 36.1 Å². The number of aryl methyl sites for hydroxylation is 1. The van der Waals surface area contributed by atoms with Crippen molar-refractivity contribution in [1.82, 2.24) is 20.4 Å². The smallest absolute Gasteiger partial charge is 0.260 e. The normalized spacial score (nSPS) is 16.7. The van der Waals surface area contributed by atoms with E-state index in [1.165, 1.54) is 24.5 Å². The van der Waals surface area contributed by atoms with Crippen LogP contribution in [0.15, 0.2) is 36.4 Å².